The first-order chi connectivity index (χ1) is 10.8. The topological polar surface area (TPSA) is 21.7 Å². The minimum absolute atomic E-state index is 0.0202. The predicted molar refractivity (Wildman–Crippen MR) is 74.4 cm³/mol. The molecule has 1 heterocycles. The van der Waals surface area contributed by atoms with Crippen LogP contribution in [0.15, 0.2) is 30.0 Å². The van der Waals surface area contributed by atoms with Gasteiger partial charge in [0.1, 0.15) is 5.75 Å². The Labute approximate surface area is 130 Å². The Bertz CT molecular complexity index is 548. The second kappa shape index (κ2) is 6.74. The molecule has 0 aliphatic carbocycles. The van der Waals surface area contributed by atoms with Crippen LogP contribution in [-0.4, -0.2) is 50.4 Å². The number of allylic oxidation sites excluding steroid dienone is 1. The lowest BCUT2D eigenvalue weighted by Gasteiger charge is -2.35. The van der Waals surface area contributed by atoms with E-state index in [2.05, 4.69) is 0 Å². The number of ether oxygens (including phenoxy) is 2. The van der Waals surface area contributed by atoms with Crippen molar-refractivity contribution in [3.63, 3.8) is 0 Å². The fourth-order valence-corrected chi connectivity index (χ4v) is 2.19. The van der Waals surface area contributed by atoms with E-state index in [1.807, 2.05) is 0 Å². The SMILES string of the molecule is COc1ccc(/C=C(/N2CCOCC2)C(F)(F)C(F)(F)F)cc1. The molecule has 0 amide bonds. The lowest BCUT2D eigenvalue weighted by molar-refractivity contribution is -0.271. The first-order valence-corrected chi connectivity index (χ1v) is 6.89. The van der Waals surface area contributed by atoms with Gasteiger partial charge in [-0.25, -0.2) is 0 Å². The first kappa shape index (κ1) is 17.5. The van der Waals surface area contributed by atoms with Crippen molar-refractivity contribution in [2.24, 2.45) is 0 Å². The molecule has 0 spiro atoms. The Morgan fingerprint density at radius 1 is 1.09 bits per heavy atom. The summed E-state index contributed by atoms with van der Waals surface area (Å²) in [5, 5.41) is 0. The van der Waals surface area contributed by atoms with Gasteiger partial charge < -0.3 is 14.4 Å². The molecule has 0 saturated carbocycles. The monoisotopic (exact) mass is 337 g/mol. The molecule has 1 aromatic rings. The van der Waals surface area contributed by atoms with Gasteiger partial charge in [-0.3, -0.25) is 0 Å². The molecule has 1 aliphatic rings. The van der Waals surface area contributed by atoms with Gasteiger partial charge in [-0.05, 0) is 23.8 Å². The molecule has 2 rings (SSSR count). The third-order valence-corrected chi connectivity index (χ3v) is 3.45. The summed E-state index contributed by atoms with van der Waals surface area (Å²) in [5.41, 5.74) is -0.838. The third-order valence-electron chi connectivity index (χ3n) is 3.45. The fraction of sp³-hybridized carbons (Fsp3) is 0.467. The van der Waals surface area contributed by atoms with Crippen molar-refractivity contribution in [2.45, 2.75) is 12.1 Å². The zero-order valence-electron chi connectivity index (χ0n) is 12.4. The van der Waals surface area contributed by atoms with Gasteiger partial charge in [-0.1, -0.05) is 12.1 Å². The van der Waals surface area contributed by atoms with Crippen molar-refractivity contribution in [3.8, 4) is 5.75 Å². The normalized spacial score (nSPS) is 17.3. The quantitative estimate of drug-likeness (QED) is 0.784. The summed E-state index contributed by atoms with van der Waals surface area (Å²) in [7, 11) is 1.43. The van der Waals surface area contributed by atoms with E-state index in [1.54, 1.807) is 0 Å². The first-order valence-electron chi connectivity index (χ1n) is 6.89. The van der Waals surface area contributed by atoms with Crippen molar-refractivity contribution in [1.82, 2.24) is 4.90 Å². The number of hydrogen-bond acceptors (Lipinski definition) is 3. The molecule has 0 atom stereocenters. The summed E-state index contributed by atoms with van der Waals surface area (Å²) in [6.45, 7) is 0.170. The lowest BCUT2D eigenvalue weighted by Crippen LogP contribution is -2.48. The van der Waals surface area contributed by atoms with Crippen LogP contribution in [0.2, 0.25) is 0 Å². The van der Waals surface area contributed by atoms with E-state index in [9.17, 15) is 22.0 Å². The zero-order chi connectivity index (χ0) is 17.1. The summed E-state index contributed by atoms with van der Waals surface area (Å²) < 4.78 is 76.1. The van der Waals surface area contributed by atoms with Crippen LogP contribution in [0.25, 0.3) is 6.08 Å². The Kier molecular flexibility index (Phi) is 5.13. The summed E-state index contributed by atoms with van der Waals surface area (Å²) >= 11 is 0. The molecule has 0 bridgehead atoms. The van der Waals surface area contributed by atoms with Gasteiger partial charge in [-0.2, -0.15) is 22.0 Å². The van der Waals surface area contributed by atoms with Crippen LogP contribution in [0, 0.1) is 0 Å². The van der Waals surface area contributed by atoms with Gasteiger partial charge in [0.25, 0.3) is 0 Å². The van der Waals surface area contributed by atoms with Crippen molar-refractivity contribution in [1.29, 1.82) is 0 Å². The maximum absolute atomic E-state index is 13.9. The predicted octanol–water partition coefficient (Wildman–Crippen LogP) is 3.57. The minimum Gasteiger partial charge on any atom is -0.497 e. The number of hydrogen-bond donors (Lipinski definition) is 0. The van der Waals surface area contributed by atoms with Crippen molar-refractivity contribution >= 4 is 6.08 Å². The molecule has 1 saturated heterocycles. The van der Waals surface area contributed by atoms with Crippen LogP contribution in [0.3, 0.4) is 0 Å². The molecule has 0 unspecified atom stereocenters. The second-order valence-electron chi connectivity index (χ2n) is 4.97. The van der Waals surface area contributed by atoms with Crippen LogP contribution >= 0.6 is 0 Å². The van der Waals surface area contributed by atoms with E-state index in [0.717, 1.165) is 11.0 Å². The number of halogens is 5. The fourth-order valence-electron chi connectivity index (χ4n) is 2.19. The number of morpholine rings is 1. The van der Waals surface area contributed by atoms with Gasteiger partial charge in [0.05, 0.1) is 26.0 Å². The van der Waals surface area contributed by atoms with E-state index >= 15 is 0 Å². The molecule has 0 radical (unpaired) electrons. The summed E-state index contributed by atoms with van der Waals surface area (Å²) in [6, 6.07) is 5.83. The minimum atomic E-state index is -5.66. The number of alkyl halides is 5. The van der Waals surface area contributed by atoms with Gasteiger partial charge in [0, 0.05) is 13.1 Å². The number of methoxy groups -OCH3 is 1. The van der Waals surface area contributed by atoms with Gasteiger partial charge >= 0.3 is 12.1 Å². The average Bonchev–Trinajstić information content (AvgIpc) is 2.52. The smallest absolute Gasteiger partial charge is 0.459 e. The molecule has 128 valence electrons. The zero-order valence-corrected chi connectivity index (χ0v) is 12.4. The lowest BCUT2D eigenvalue weighted by atomic mass is 10.1. The molecule has 1 aromatic carbocycles. The van der Waals surface area contributed by atoms with Crippen molar-refractivity contribution < 1.29 is 31.4 Å². The molecule has 8 heteroatoms. The van der Waals surface area contributed by atoms with Gasteiger partial charge in [-0.15, -0.1) is 0 Å². The maximum atomic E-state index is 13.9. The number of nitrogens with zero attached hydrogens (tertiary/aromatic N) is 1. The van der Waals surface area contributed by atoms with Crippen LogP contribution in [0.1, 0.15) is 5.56 Å². The second-order valence-corrected chi connectivity index (χ2v) is 4.97. The number of benzene rings is 1. The average molecular weight is 337 g/mol. The Morgan fingerprint density at radius 3 is 2.13 bits per heavy atom. The molecule has 1 fully saturated rings. The Hall–Kier alpha value is -1.83. The Balaban J connectivity index is 2.41. The molecular weight excluding hydrogens is 321 g/mol. The van der Waals surface area contributed by atoms with E-state index in [1.165, 1.54) is 31.4 Å². The highest BCUT2D eigenvalue weighted by atomic mass is 19.4. The van der Waals surface area contributed by atoms with Crippen LogP contribution < -0.4 is 4.74 Å². The maximum Gasteiger partial charge on any atom is 0.459 e. The molecule has 3 nitrogen and oxygen atoms in total. The van der Waals surface area contributed by atoms with E-state index in [4.69, 9.17) is 9.47 Å². The van der Waals surface area contributed by atoms with Crippen LogP contribution in [-0.2, 0) is 4.74 Å². The molecular formula is C15H16F5NO2. The Morgan fingerprint density at radius 2 is 1.65 bits per heavy atom. The molecule has 1 aliphatic heterocycles. The summed E-state index contributed by atoms with van der Waals surface area (Å²) in [4.78, 5) is 1.02. The van der Waals surface area contributed by atoms with E-state index in [0.29, 0.717) is 5.75 Å². The summed E-state index contributed by atoms with van der Waals surface area (Å²) in [5.74, 6) is -4.46. The van der Waals surface area contributed by atoms with Crippen molar-refractivity contribution in [2.75, 3.05) is 33.4 Å². The number of rotatable bonds is 4. The highest BCUT2D eigenvalue weighted by molar-refractivity contribution is 5.55. The van der Waals surface area contributed by atoms with Gasteiger partial charge in [0.15, 0.2) is 0 Å². The van der Waals surface area contributed by atoms with Crippen LogP contribution in [0.5, 0.6) is 5.75 Å². The molecule has 0 N–H and O–H groups in total. The van der Waals surface area contributed by atoms with Crippen molar-refractivity contribution in [3.05, 3.63) is 35.5 Å². The molecule has 23 heavy (non-hydrogen) atoms. The van der Waals surface area contributed by atoms with Crippen LogP contribution in [0.4, 0.5) is 22.0 Å². The standard InChI is InChI=1S/C15H16F5NO2/c1-22-12-4-2-11(3-5-12)10-13(14(16,17)15(18,19)20)21-6-8-23-9-7-21/h2-5,10H,6-9H2,1H3/b13-10+. The van der Waals surface area contributed by atoms with E-state index in [-0.39, 0.29) is 31.9 Å². The summed E-state index contributed by atoms with van der Waals surface area (Å²) in [6.07, 6.45) is -4.80. The third kappa shape index (κ3) is 3.93. The molecule has 0 aromatic heterocycles. The van der Waals surface area contributed by atoms with Gasteiger partial charge in [0.2, 0.25) is 0 Å². The highest BCUT2D eigenvalue weighted by Crippen LogP contribution is 2.43. The van der Waals surface area contributed by atoms with E-state index < -0.39 is 17.8 Å². The highest BCUT2D eigenvalue weighted by Gasteiger charge is 2.61. The largest absolute Gasteiger partial charge is 0.497 e.